The predicted molar refractivity (Wildman–Crippen MR) is 227 cm³/mol. The Labute approximate surface area is 353 Å². The van der Waals surface area contributed by atoms with E-state index >= 15 is 0 Å². The van der Waals surface area contributed by atoms with Crippen molar-refractivity contribution in [3.63, 3.8) is 0 Å². The Morgan fingerprint density at radius 2 is 1.68 bits per heavy atom. The minimum absolute atomic E-state index is 0.00142. The molecule has 16 heteroatoms. The number of benzene rings is 2. The van der Waals surface area contributed by atoms with Crippen molar-refractivity contribution in [3.05, 3.63) is 71.7 Å². The van der Waals surface area contributed by atoms with E-state index in [1.54, 1.807) is 7.05 Å². The standard InChI is InChI=1S/C32H47N5O4.C10H12F3N3O.C2H6/c1-24-22-25(10-15-33)4-9-30(24)41-29-7-5-28(6-8-29)40-21-3-16-35-31(38)23-36-17-13-27(14-18-36)37-19-11-26(12-20-37)32(39)34-2;11-10(12,13)8-4-14-5-9(16-8)15-7-2-1-3-17-6-7;1-2/h4-9,22,26-27H,3,10-21,23,33H2,1-2H3,(H,34,39)(H,35,38);4-5,7H,1-3,6H2,(H,15,16);1-2H3. The number of amides is 2. The van der Waals surface area contributed by atoms with Gasteiger partial charge in [0.2, 0.25) is 11.8 Å². The normalized spacial score (nSPS) is 17.9. The third kappa shape index (κ3) is 16.2. The molecule has 5 N–H and O–H groups in total. The van der Waals surface area contributed by atoms with Crippen LogP contribution in [0.2, 0.25) is 0 Å². The lowest BCUT2D eigenvalue weighted by molar-refractivity contribution is -0.141. The van der Waals surface area contributed by atoms with Crippen LogP contribution in [0.15, 0.2) is 54.9 Å². The lowest BCUT2D eigenvalue weighted by atomic mass is 9.93. The van der Waals surface area contributed by atoms with E-state index in [1.165, 1.54) is 11.8 Å². The summed E-state index contributed by atoms with van der Waals surface area (Å²) >= 11 is 0. The zero-order chi connectivity index (χ0) is 43.3. The van der Waals surface area contributed by atoms with Gasteiger partial charge in [0.25, 0.3) is 0 Å². The van der Waals surface area contributed by atoms with Crippen molar-refractivity contribution in [2.45, 2.75) is 90.4 Å². The summed E-state index contributed by atoms with van der Waals surface area (Å²) in [6.07, 6.45) is 4.92. The highest BCUT2D eigenvalue weighted by Gasteiger charge is 2.33. The topological polar surface area (TPSA) is 156 Å². The van der Waals surface area contributed by atoms with E-state index in [0.29, 0.717) is 51.7 Å². The third-order valence-corrected chi connectivity index (χ3v) is 10.7. The molecular formula is C44H65F3N8O5. The minimum atomic E-state index is -4.46. The molecule has 1 aromatic heterocycles. The first kappa shape index (κ1) is 48.2. The van der Waals surface area contributed by atoms with E-state index in [1.807, 2.05) is 51.1 Å². The molecule has 0 spiro atoms. The van der Waals surface area contributed by atoms with Gasteiger partial charge in [0.1, 0.15) is 23.1 Å². The van der Waals surface area contributed by atoms with Crippen molar-refractivity contribution in [3.8, 4) is 17.2 Å². The van der Waals surface area contributed by atoms with Gasteiger partial charge >= 0.3 is 6.18 Å². The summed E-state index contributed by atoms with van der Waals surface area (Å²) in [5.41, 5.74) is 6.96. The highest BCUT2D eigenvalue weighted by atomic mass is 19.4. The monoisotopic (exact) mass is 843 g/mol. The maximum Gasteiger partial charge on any atom is 0.434 e. The van der Waals surface area contributed by atoms with E-state index in [2.05, 4.69) is 47.9 Å². The molecule has 4 heterocycles. The Balaban J connectivity index is 0.000000347. The number of halogens is 3. The Bertz CT molecular complexity index is 1710. The lowest BCUT2D eigenvalue weighted by Gasteiger charge is -2.41. The number of likely N-dealkylation sites (tertiary alicyclic amines) is 2. The number of nitrogens with two attached hydrogens (primary N) is 1. The number of carbonyl (C=O) groups is 2. The zero-order valence-electron chi connectivity index (χ0n) is 35.7. The van der Waals surface area contributed by atoms with Gasteiger partial charge in [-0.05, 0) is 119 Å². The molecule has 1 unspecified atom stereocenters. The van der Waals surface area contributed by atoms with Crippen molar-refractivity contribution in [2.75, 3.05) is 78.0 Å². The highest BCUT2D eigenvalue weighted by molar-refractivity contribution is 5.78. The molecule has 2 amide bonds. The molecule has 3 aliphatic heterocycles. The largest absolute Gasteiger partial charge is 0.494 e. The van der Waals surface area contributed by atoms with Crippen molar-refractivity contribution >= 4 is 17.6 Å². The first-order valence-corrected chi connectivity index (χ1v) is 21.4. The van der Waals surface area contributed by atoms with Gasteiger partial charge < -0.3 is 40.8 Å². The van der Waals surface area contributed by atoms with Crippen molar-refractivity contribution in [1.29, 1.82) is 0 Å². The summed E-state index contributed by atoms with van der Waals surface area (Å²) in [6.45, 7) is 13.3. The summed E-state index contributed by atoms with van der Waals surface area (Å²) in [5.74, 6) is 2.91. The third-order valence-electron chi connectivity index (χ3n) is 10.7. The number of hydrogen-bond donors (Lipinski definition) is 4. The van der Waals surface area contributed by atoms with Crippen molar-refractivity contribution in [1.82, 2.24) is 30.4 Å². The van der Waals surface area contributed by atoms with E-state index in [4.69, 9.17) is 19.9 Å². The first-order valence-electron chi connectivity index (χ1n) is 21.4. The number of aryl methyl sites for hydroxylation is 1. The number of aromatic nitrogens is 2. The molecule has 3 aliphatic rings. The molecule has 1 atom stereocenters. The number of carbonyl (C=O) groups excluding carboxylic acids is 2. The molecule has 6 rings (SSSR count). The van der Waals surface area contributed by atoms with Gasteiger partial charge in [-0.3, -0.25) is 19.5 Å². The maximum absolute atomic E-state index is 12.5. The number of nitrogens with one attached hydrogen (secondary N) is 3. The van der Waals surface area contributed by atoms with Crippen LogP contribution in [0.25, 0.3) is 0 Å². The van der Waals surface area contributed by atoms with Crippen LogP contribution in [-0.2, 0) is 26.9 Å². The number of nitrogens with zero attached hydrogens (tertiary/aromatic N) is 4. The fraction of sp³-hybridized carbons (Fsp3) is 0.591. The molecule has 13 nitrogen and oxygen atoms in total. The zero-order valence-corrected chi connectivity index (χ0v) is 35.7. The van der Waals surface area contributed by atoms with E-state index < -0.39 is 11.9 Å². The molecule has 3 aromatic rings. The predicted octanol–water partition coefficient (Wildman–Crippen LogP) is 6.21. The van der Waals surface area contributed by atoms with Crippen LogP contribution in [0, 0.1) is 12.8 Å². The molecule has 60 heavy (non-hydrogen) atoms. The van der Waals surface area contributed by atoms with E-state index in [0.717, 1.165) is 100 Å². The number of alkyl halides is 3. The molecule has 332 valence electrons. The maximum atomic E-state index is 12.5. The summed E-state index contributed by atoms with van der Waals surface area (Å²) in [5, 5.41) is 8.70. The van der Waals surface area contributed by atoms with E-state index in [9.17, 15) is 22.8 Å². The number of hydrogen-bond acceptors (Lipinski definition) is 11. The number of anilines is 1. The average molecular weight is 843 g/mol. The summed E-state index contributed by atoms with van der Waals surface area (Å²) in [6, 6.07) is 14.3. The molecule has 3 saturated heterocycles. The van der Waals surface area contributed by atoms with Gasteiger partial charge in [0, 0.05) is 45.2 Å². The van der Waals surface area contributed by atoms with Crippen LogP contribution in [0.4, 0.5) is 19.0 Å². The fourth-order valence-electron chi connectivity index (χ4n) is 7.44. The first-order chi connectivity index (χ1) is 29.0. The van der Waals surface area contributed by atoms with Crippen LogP contribution >= 0.6 is 0 Å². The van der Waals surface area contributed by atoms with E-state index in [-0.39, 0.29) is 29.6 Å². The van der Waals surface area contributed by atoms with Crippen LogP contribution in [-0.4, -0.2) is 116 Å². The molecule has 2 aromatic carbocycles. The molecule has 0 aliphatic carbocycles. The average Bonchev–Trinajstić information content (AvgIpc) is 3.26. The molecule has 3 fully saturated rings. The van der Waals surface area contributed by atoms with Crippen molar-refractivity contribution in [2.24, 2.45) is 11.7 Å². The Morgan fingerprint density at radius 1 is 0.967 bits per heavy atom. The Hall–Kier alpha value is -4.51. The van der Waals surface area contributed by atoms with Gasteiger partial charge in [-0.1, -0.05) is 26.0 Å². The van der Waals surface area contributed by atoms with Crippen LogP contribution < -0.4 is 31.2 Å². The quantitative estimate of drug-likeness (QED) is 0.129. The smallest absolute Gasteiger partial charge is 0.434 e. The van der Waals surface area contributed by atoms with Gasteiger partial charge in [-0.25, -0.2) is 4.98 Å². The highest BCUT2D eigenvalue weighted by Crippen LogP contribution is 2.29. The minimum Gasteiger partial charge on any atom is -0.494 e. The Kier molecular flexibility index (Phi) is 20.3. The molecule has 0 radical (unpaired) electrons. The van der Waals surface area contributed by atoms with Gasteiger partial charge in [-0.15, -0.1) is 0 Å². The van der Waals surface area contributed by atoms with Gasteiger partial charge in [0.15, 0.2) is 5.69 Å². The van der Waals surface area contributed by atoms with Crippen LogP contribution in [0.3, 0.4) is 0 Å². The second kappa shape index (κ2) is 25.3. The molecule has 0 saturated carbocycles. The Morgan fingerprint density at radius 3 is 2.32 bits per heavy atom. The number of rotatable bonds is 15. The molecule has 0 bridgehead atoms. The van der Waals surface area contributed by atoms with Crippen LogP contribution in [0.5, 0.6) is 17.2 Å². The van der Waals surface area contributed by atoms with Gasteiger partial charge in [0.05, 0.1) is 38.2 Å². The summed E-state index contributed by atoms with van der Waals surface area (Å²) in [7, 11) is 1.72. The SMILES string of the molecule is CC.CNC(=O)C1CCN(C2CCN(CC(=O)NCCCOc3ccc(Oc4ccc(CCN)cc4C)cc3)CC2)CC1.FC(F)(F)c1cncc(NC2CCCOC2)n1. The fourth-order valence-corrected chi connectivity index (χ4v) is 7.44. The van der Waals surface area contributed by atoms with Crippen molar-refractivity contribution < 1.29 is 37.0 Å². The second-order valence-electron chi connectivity index (χ2n) is 15.0. The second-order valence-corrected chi connectivity index (χ2v) is 15.0. The summed E-state index contributed by atoms with van der Waals surface area (Å²) in [4.78, 5) is 36.1. The van der Waals surface area contributed by atoms with Gasteiger partial charge in [-0.2, -0.15) is 13.2 Å². The number of piperidine rings is 2. The van der Waals surface area contributed by atoms with Crippen LogP contribution in [0.1, 0.15) is 75.6 Å². The summed E-state index contributed by atoms with van der Waals surface area (Å²) < 4.78 is 54.3. The molecular weight excluding hydrogens is 778 g/mol. The number of ether oxygens (including phenoxy) is 3. The lowest BCUT2D eigenvalue weighted by Crippen LogP contribution is -2.50.